The molecule has 1 aliphatic heterocycles. The molecule has 0 unspecified atom stereocenters. The Kier molecular flexibility index (Phi) is 5.20. The van der Waals surface area contributed by atoms with Gasteiger partial charge in [-0.05, 0) is 71.8 Å². The number of ether oxygens (including phenoxy) is 2. The predicted octanol–water partition coefficient (Wildman–Crippen LogP) is 5.15. The molecule has 33 heavy (non-hydrogen) atoms. The first-order chi connectivity index (χ1) is 15.9. The van der Waals surface area contributed by atoms with Gasteiger partial charge in [0.25, 0.3) is 0 Å². The Balaban J connectivity index is 1.45. The van der Waals surface area contributed by atoms with Crippen LogP contribution in [0.2, 0.25) is 0 Å². The summed E-state index contributed by atoms with van der Waals surface area (Å²) in [5.74, 6) is 0.772. The fourth-order valence-corrected chi connectivity index (χ4v) is 4.81. The van der Waals surface area contributed by atoms with Crippen molar-refractivity contribution < 1.29 is 24.2 Å². The van der Waals surface area contributed by atoms with Crippen molar-refractivity contribution in [2.45, 2.75) is 38.0 Å². The van der Waals surface area contributed by atoms with Gasteiger partial charge in [-0.1, -0.05) is 30.3 Å². The molecule has 5 rings (SSSR count). The largest absolute Gasteiger partial charge is 0.496 e. The second-order valence-electron chi connectivity index (χ2n) is 8.97. The molecule has 0 saturated heterocycles. The van der Waals surface area contributed by atoms with Gasteiger partial charge in [0.1, 0.15) is 17.3 Å². The SMILES string of the molecule is COc1ccc(C(=O)O)cc1-c1cc(CC(=O)C2(c3ccc4c(c3)CCO4)CC2)ccc1C. The molecule has 1 heterocycles. The molecule has 168 valence electrons. The van der Waals surface area contributed by atoms with E-state index in [9.17, 15) is 14.7 Å². The number of rotatable bonds is 7. The van der Waals surface area contributed by atoms with Crippen molar-refractivity contribution in [2.75, 3.05) is 13.7 Å². The molecule has 0 spiro atoms. The van der Waals surface area contributed by atoms with Crippen LogP contribution in [0.4, 0.5) is 0 Å². The van der Waals surface area contributed by atoms with Crippen molar-refractivity contribution in [1.82, 2.24) is 0 Å². The molecule has 0 radical (unpaired) electrons. The monoisotopic (exact) mass is 442 g/mol. The summed E-state index contributed by atoms with van der Waals surface area (Å²) in [5.41, 5.74) is 5.58. The maximum absolute atomic E-state index is 13.5. The summed E-state index contributed by atoms with van der Waals surface area (Å²) in [6.07, 6.45) is 2.98. The number of carboxylic acids is 1. The number of hydrogen-bond donors (Lipinski definition) is 1. The van der Waals surface area contributed by atoms with Gasteiger partial charge in [-0.15, -0.1) is 0 Å². The summed E-state index contributed by atoms with van der Waals surface area (Å²) < 4.78 is 11.1. The van der Waals surface area contributed by atoms with Gasteiger partial charge in [-0.25, -0.2) is 4.79 Å². The van der Waals surface area contributed by atoms with Gasteiger partial charge < -0.3 is 14.6 Å². The fourth-order valence-electron chi connectivity index (χ4n) is 4.81. The number of benzene rings is 3. The third-order valence-corrected chi connectivity index (χ3v) is 6.93. The minimum atomic E-state index is -0.988. The topological polar surface area (TPSA) is 72.8 Å². The van der Waals surface area contributed by atoms with E-state index in [2.05, 4.69) is 6.07 Å². The number of carboxylic acid groups (broad SMARTS) is 1. The van der Waals surface area contributed by atoms with Crippen LogP contribution in [0.1, 0.15) is 45.5 Å². The van der Waals surface area contributed by atoms with Crippen molar-refractivity contribution in [1.29, 1.82) is 0 Å². The lowest BCUT2D eigenvalue weighted by atomic mass is 9.86. The third kappa shape index (κ3) is 3.78. The van der Waals surface area contributed by atoms with E-state index in [0.717, 1.165) is 47.3 Å². The maximum atomic E-state index is 13.5. The summed E-state index contributed by atoms with van der Waals surface area (Å²) in [7, 11) is 1.57. The van der Waals surface area contributed by atoms with E-state index in [0.29, 0.717) is 24.3 Å². The van der Waals surface area contributed by atoms with Crippen LogP contribution >= 0.6 is 0 Å². The molecular formula is C28H26O5. The van der Waals surface area contributed by atoms with E-state index >= 15 is 0 Å². The summed E-state index contributed by atoms with van der Waals surface area (Å²) in [6, 6.07) is 17.0. The van der Waals surface area contributed by atoms with Crippen LogP contribution in [0.15, 0.2) is 54.6 Å². The number of hydrogen-bond acceptors (Lipinski definition) is 4. The van der Waals surface area contributed by atoms with Gasteiger partial charge in [0, 0.05) is 18.4 Å². The maximum Gasteiger partial charge on any atom is 0.335 e. The first-order valence-corrected chi connectivity index (χ1v) is 11.2. The lowest BCUT2D eigenvalue weighted by Gasteiger charge is -2.17. The fraction of sp³-hybridized carbons (Fsp3) is 0.286. The molecular weight excluding hydrogens is 416 g/mol. The molecule has 0 atom stereocenters. The standard InChI is InChI=1S/C28H26O5/c1-17-3-4-18(13-22(17)23-16-20(27(30)31)5-7-25(23)32-2)14-26(29)28(10-11-28)21-6-8-24-19(15-21)9-12-33-24/h3-8,13,15-16H,9-12,14H2,1-2H3,(H,30,31). The van der Waals surface area contributed by atoms with E-state index in [1.807, 2.05) is 37.3 Å². The van der Waals surface area contributed by atoms with Crippen LogP contribution in [-0.2, 0) is 23.1 Å². The van der Waals surface area contributed by atoms with Crippen LogP contribution in [0.25, 0.3) is 11.1 Å². The molecule has 0 amide bonds. The Bertz CT molecular complexity index is 1270. The van der Waals surface area contributed by atoms with E-state index in [1.165, 1.54) is 11.6 Å². The van der Waals surface area contributed by atoms with Crippen LogP contribution in [0.3, 0.4) is 0 Å². The average Bonchev–Trinajstić information content (AvgIpc) is 3.50. The Morgan fingerprint density at radius 1 is 1.03 bits per heavy atom. The zero-order valence-corrected chi connectivity index (χ0v) is 18.8. The van der Waals surface area contributed by atoms with Crippen molar-refractivity contribution in [3.8, 4) is 22.6 Å². The van der Waals surface area contributed by atoms with Gasteiger partial charge in [-0.3, -0.25) is 4.79 Å². The second kappa shape index (κ2) is 8.07. The van der Waals surface area contributed by atoms with Crippen LogP contribution in [0, 0.1) is 6.92 Å². The first kappa shape index (κ1) is 21.3. The summed E-state index contributed by atoms with van der Waals surface area (Å²) in [5, 5.41) is 9.43. The molecule has 5 nitrogen and oxygen atoms in total. The lowest BCUT2D eigenvalue weighted by molar-refractivity contribution is -0.120. The third-order valence-electron chi connectivity index (χ3n) is 6.93. The number of carbonyl (C=O) groups excluding carboxylic acids is 1. The highest BCUT2D eigenvalue weighted by molar-refractivity contribution is 5.95. The molecule has 3 aromatic rings. The molecule has 1 saturated carbocycles. The molecule has 1 aliphatic carbocycles. The van der Waals surface area contributed by atoms with Gasteiger partial charge in [0.15, 0.2) is 0 Å². The minimum absolute atomic E-state index is 0.198. The summed E-state index contributed by atoms with van der Waals surface area (Å²) in [6.45, 7) is 2.68. The Morgan fingerprint density at radius 2 is 1.85 bits per heavy atom. The molecule has 1 N–H and O–H groups in total. The van der Waals surface area contributed by atoms with E-state index < -0.39 is 11.4 Å². The van der Waals surface area contributed by atoms with Crippen LogP contribution < -0.4 is 9.47 Å². The lowest BCUT2D eigenvalue weighted by Crippen LogP contribution is -2.22. The van der Waals surface area contributed by atoms with Crippen molar-refractivity contribution >= 4 is 11.8 Å². The number of carbonyl (C=O) groups is 2. The van der Waals surface area contributed by atoms with Gasteiger partial charge in [0.05, 0.1) is 24.7 Å². The smallest absolute Gasteiger partial charge is 0.335 e. The first-order valence-electron chi connectivity index (χ1n) is 11.2. The van der Waals surface area contributed by atoms with Gasteiger partial charge >= 0.3 is 5.97 Å². The Morgan fingerprint density at radius 3 is 2.58 bits per heavy atom. The molecule has 2 aliphatic rings. The highest BCUT2D eigenvalue weighted by Gasteiger charge is 2.50. The predicted molar refractivity (Wildman–Crippen MR) is 125 cm³/mol. The average molecular weight is 443 g/mol. The highest BCUT2D eigenvalue weighted by atomic mass is 16.5. The molecule has 0 bridgehead atoms. The normalized spacial score (nSPS) is 15.5. The molecule has 1 fully saturated rings. The zero-order valence-electron chi connectivity index (χ0n) is 18.8. The molecule has 0 aromatic heterocycles. The van der Waals surface area contributed by atoms with E-state index in [4.69, 9.17) is 9.47 Å². The Hall–Kier alpha value is -3.60. The van der Waals surface area contributed by atoms with Crippen molar-refractivity contribution in [3.05, 3.63) is 82.4 Å². The Labute approximate surface area is 193 Å². The second-order valence-corrected chi connectivity index (χ2v) is 8.97. The van der Waals surface area contributed by atoms with Gasteiger partial charge in [-0.2, -0.15) is 0 Å². The number of aromatic carboxylic acids is 1. The zero-order chi connectivity index (χ0) is 23.2. The van der Waals surface area contributed by atoms with Crippen LogP contribution in [0.5, 0.6) is 11.5 Å². The van der Waals surface area contributed by atoms with E-state index in [1.54, 1.807) is 19.2 Å². The van der Waals surface area contributed by atoms with Crippen molar-refractivity contribution in [2.24, 2.45) is 0 Å². The number of Topliss-reactive ketones (excluding diaryl/α,β-unsaturated/α-hetero) is 1. The summed E-state index contributed by atoms with van der Waals surface area (Å²) >= 11 is 0. The number of ketones is 1. The number of methoxy groups -OCH3 is 1. The van der Waals surface area contributed by atoms with Crippen molar-refractivity contribution in [3.63, 3.8) is 0 Å². The van der Waals surface area contributed by atoms with Gasteiger partial charge in [0.2, 0.25) is 0 Å². The summed E-state index contributed by atoms with van der Waals surface area (Å²) in [4.78, 5) is 25.0. The van der Waals surface area contributed by atoms with E-state index in [-0.39, 0.29) is 11.3 Å². The number of fused-ring (bicyclic) bond motifs is 1. The molecule has 3 aromatic carbocycles. The number of aryl methyl sites for hydroxylation is 1. The minimum Gasteiger partial charge on any atom is -0.496 e. The molecule has 5 heteroatoms. The highest BCUT2D eigenvalue weighted by Crippen LogP contribution is 2.50. The quantitative estimate of drug-likeness (QED) is 0.548. The van der Waals surface area contributed by atoms with Crippen LogP contribution in [-0.4, -0.2) is 30.6 Å².